The molecule has 3 nitrogen and oxygen atoms in total. The minimum Gasteiger partial charge on any atom is -0.510 e. The molecule has 0 unspecified atom stereocenters. The van der Waals surface area contributed by atoms with Crippen LogP contribution in [0.25, 0.3) is 0 Å². The van der Waals surface area contributed by atoms with Gasteiger partial charge in [-0.25, -0.2) is 0 Å². The van der Waals surface area contributed by atoms with E-state index in [1.165, 1.54) is 7.11 Å². The monoisotopic (exact) mass is 168 g/mol. The molecular formula is C9H12O3. The SMILES string of the molecule is CO[C@H]1CC(C=O)=C(C)C=C1O. The minimum absolute atomic E-state index is 0.195. The molecule has 0 aliphatic heterocycles. The summed E-state index contributed by atoms with van der Waals surface area (Å²) in [6.45, 7) is 1.80. The highest BCUT2D eigenvalue weighted by atomic mass is 16.5. The van der Waals surface area contributed by atoms with Gasteiger partial charge in [0.25, 0.3) is 0 Å². The first-order valence-electron chi connectivity index (χ1n) is 3.77. The van der Waals surface area contributed by atoms with E-state index < -0.39 is 0 Å². The van der Waals surface area contributed by atoms with Crippen molar-refractivity contribution in [3.05, 3.63) is 23.0 Å². The van der Waals surface area contributed by atoms with Crippen LogP contribution in [0.3, 0.4) is 0 Å². The van der Waals surface area contributed by atoms with E-state index in [1.807, 2.05) is 0 Å². The Morgan fingerprint density at radius 2 is 2.42 bits per heavy atom. The number of allylic oxidation sites excluding steroid dienone is 2. The van der Waals surface area contributed by atoms with Gasteiger partial charge in [0.15, 0.2) is 0 Å². The lowest BCUT2D eigenvalue weighted by molar-refractivity contribution is -0.105. The Bertz CT molecular complexity index is 250. The molecule has 0 aromatic heterocycles. The Morgan fingerprint density at radius 3 is 2.92 bits per heavy atom. The summed E-state index contributed by atoms with van der Waals surface area (Å²) >= 11 is 0. The molecule has 12 heavy (non-hydrogen) atoms. The van der Waals surface area contributed by atoms with Gasteiger partial charge >= 0.3 is 0 Å². The van der Waals surface area contributed by atoms with Gasteiger partial charge in [0.1, 0.15) is 18.1 Å². The Hall–Kier alpha value is -1.09. The van der Waals surface area contributed by atoms with E-state index in [0.29, 0.717) is 12.0 Å². The molecule has 0 aromatic carbocycles. The van der Waals surface area contributed by atoms with Crippen LogP contribution in [0.15, 0.2) is 23.0 Å². The second-order valence-electron chi connectivity index (χ2n) is 2.82. The second kappa shape index (κ2) is 3.54. The fourth-order valence-electron chi connectivity index (χ4n) is 1.22. The molecule has 0 heterocycles. The molecule has 0 radical (unpaired) electrons. The van der Waals surface area contributed by atoms with Crippen molar-refractivity contribution < 1.29 is 14.6 Å². The van der Waals surface area contributed by atoms with Gasteiger partial charge < -0.3 is 9.84 Å². The van der Waals surface area contributed by atoms with Crippen LogP contribution in [0.2, 0.25) is 0 Å². The number of hydrogen-bond acceptors (Lipinski definition) is 3. The summed E-state index contributed by atoms with van der Waals surface area (Å²) in [6.07, 6.45) is 2.49. The van der Waals surface area contributed by atoms with Gasteiger partial charge in [-0.3, -0.25) is 4.79 Å². The summed E-state index contributed by atoms with van der Waals surface area (Å²) in [7, 11) is 1.51. The highest BCUT2D eigenvalue weighted by Gasteiger charge is 2.20. The first-order valence-corrected chi connectivity index (χ1v) is 3.77. The number of aliphatic hydroxyl groups excluding tert-OH is 1. The first-order chi connectivity index (χ1) is 5.69. The molecule has 0 amide bonds. The number of carbonyl (C=O) groups is 1. The quantitative estimate of drug-likeness (QED) is 0.633. The van der Waals surface area contributed by atoms with Crippen molar-refractivity contribution in [2.45, 2.75) is 19.4 Å². The van der Waals surface area contributed by atoms with E-state index in [4.69, 9.17) is 4.74 Å². The number of rotatable bonds is 2. The Balaban J connectivity index is 2.90. The lowest BCUT2D eigenvalue weighted by Crippen LogP contribution is -2.19. The van der Waals surface area contributed by atoms with Crippen LogP contribution in [-0.4, -0.2) is 24.6 Å². The maximum absolute atomic E-state index is 10.5. The standard InChI is InChI=1S/C9H12O3/c1-6-3-8(11)9(12-2)4-7(6)5-10/h3,5,9,11H,4H2,1-2H3/t9-/m0/s1. The van der Waals surface area contributed by atoms with E-state index in [1.54, 1.807) is 13.0 Å². The van der Waals surface area contributed by atoms with Gasteiger partial charge in [0, 0.05) is 13.5 Å². The summed E-state index contributed by atoms with van der Waals surface area (Å²) in [4.78, 5) is 10.5. The zero-order valence-corrected chi connectivity index (χ0v) is 7.20. The number of methoxy groups -OCH3 is 1. The molecule has 0 spiro atoms. The maximum Gasteiger partial charge on any atom is 0.146 e. The minimum atomic E-state index is -0.353. The average molecular weight is 168 g/mol. The summed E-state index contributed by atoms with van der Waals surface area (Å²) in [6, 6.07) is 0. The molecule has 1 aliphatic rings. The summed E-state index contributed by atoms with van der Waals surface area (Å²) in [5.74, 6) is 0.195. The lowest BCUT2D eigenvalue weighted by atomic mass is 9.96. The third-order valence-corrected chi connectivity index (χ3v) is 2.03. The molecule has 3 heteroatoms. The molecule has 0 saturated heterocycles. The van der Waals surface area contributed by atoms with E-state index in [2.05, 4.69) is 0 Å². The molecule has 1 N–H and O–H groups in total. The van der Waals surface area contributed by atoms with Crippen molar-refractivity contribution in [1.82, 2.24) is 0 Å². The van der Waals surface area contributed by atoms with E-state index >= 15 is 0 Å². The summed E-state index contributed by atoms with van der Waals surface area (Å²) in [5.41, 5.74) is 1.51. The van der Waals surface area contributed by atoms with Crippen LogP contribution in [0.1, 0.15) is 13.3 Å². The molecule has 1 aliphatic carbocycles. The topological polar surface area (TPSA) is 46.5 Å². The second-order valence-corrected chi connectivity index (χ2v) is 2.82. The summed E-state index contributed by atoms with van der Waals surface area (Å²) in [5, 5.41) is 9.34. The van der Waals surface area contributed by atoms with Gasteiger partial charge in [-0.1, -0.05) is 0 Å². The van der Waals surface area contributed by atoms with Crippen LogP contribution in [0.4, 0.5) is 0 Å². The third kappa shape index (κ3) is 1.56. The average Bonchev–Trinajstić information content (AvgIpc) is 2.05. The molecule has 0 saturated carbocycles. The number of aliphatic hydroxyl groups is 1. The number of ether oxygens (including phenoxy) is 1. The molecular weight excluding hydrogens is 156 g/mol. The maximum atomic E-state index is 10.5. The smallest absolute Gasteiger partial charge is 0.146 e. The highest BCUT2D eigenvalue weighted by Crippen LogP contribution is 2.23. The van der Waals surface area contributed by atoms with Crippen LogP contribution in [0.5, 0.6) is 0 Å². The van der Waals surface area contributed by atoms with Crippen molar-refractivity contribution in [2.24, 2.45) is 0 Å². The fraction of sp³-hybridized carbons (Fsp3) is 0.444. The van der Waals surface area contributed by atoms with Crippen molar-refractivity contribution >= 4 is 6.29 Å². The third-order valence-electron chi connectivity index (χ3n) is 2.03. The molecule has 0 aromatic rings. The van der Waals surface area contributed by atoms with Crippen LogP contribution in [-0.2, 0) is 9.53 Å². The van der Waals surface area contributed by atoms with E-state index in [9.17, 15) is 9.90 Å². The van der Waals surface area contributed by atoms with Gasteiger partial charge in [-0.05, 0) is 24.1 Å². The molecule has 66 valence electrons. The van der Waals surface area contributed by atoms with Crippen LogP contribution < -0.4 is 0 Å². The predicted octanol–water partition coefficient (Wildman–Crippen LogP) is 1.36. The Labute approximate surface area is 71.3 Å². The van der Waals surface area contributed by atoms with Crippen molar-refractivity contribution in [1.29, 1.82) is 0 Å². The zero-order valence-electron chi connectivity index (χ0n) is 7.20. The van der Waals surface area contributed by atoms with Crippen molar-refractivity contribution in [2.75, 3.05) is 7.11 Å². The molecule has 1 atom stereocenters. The lowest BCUT2D eigenvalue weighted by Gasteiger charge is -2.19. The normalized spacial score (nSPS) is 23.8. The zero-order chi connectivity index (χ0) is 9.14. The number of hydrogen-bond donors (Lipinski definition) is 1. The predicted molar refractivity (Wildman–Crippen MR) is 44.9 cm³/mol. The van der Waals surface area contributed by atoms with Crippen LogP contribution in [0, 0.1) is 0 Å². The van der Waals surface area contributed by atoms with Crippen molar-refractivity contribution in [3.8, 4) is 0 Å². The van der Waals surface area contributed by atoms with E-state index in [-0.39, 0.29) is 11.9 Å². The number of carbonyl (C=O) groups excluding carboxylic acids is 1. The van der Waals surface area contributed by atoms with Gasteiger partial charge in [0.05, 0.1) is 0 Å². The molecule has 1 rings (SSSR count). The van der Waals surface area contributed by atoms with Gasteiger partial charge in [0.2, 0.25) is 0 Å². The first kappa shape index (κ1) is 9.00. The van der Waals surface area contributed by atoms with Crippen molar-refractivity contribution in [3.63, 3.8) is 0 Å². The Kier molecular flexibility index (Phi) is 2.65. The Morgan fingerprint density at radius 1 is 1.75 bits per heavy atom. The summed E-state index contributed by atoms with van der Waals surface area (Å²) < 4.78 is 4.97. The highest BCUT2D eigenvalue weighted by molar-refractivity contribution is 5.76. The van der Waals surface area contributed by atoms with Gasteiger partial charge in [-0.2, -0.15) is 0 Å². The molecule has 0 fully saturated rings. The number of aldehydes is 1. The largest absolute Gasteiger partial charge is 0.510 e. The molecule has 0 bridgehead atoms. The van der Waals surface area contributed by atoms with Gasteiger partial charge in [-0.15, -0.1) is 0 Å². The van der Waals surface area contributed by atoms with E-state index in [0.717, 1.165) is 11.9 Å². The fourth-order valence-corrected chi connectivity index (χ4v) is 1.22. The van der Waals surface area contributed by atoms with Crippen LogP contribution >= 0.6 is 0 Å².